The van der Waals surface area contributed by atoms with Crippen molar-refractivity contribution in [3.8, 4) is 0 Å². The summed E-state index contributed by atoms with van der Waals surface area (Å²) < 4.78 is 18.7. The van der Waals surface area contributed by atoms with E-state index < -0.39 is 0 Å². The molecule has 1 amide bonds. The van der Waals surface area contributed by atoms with E-state index >= 15 is 0 Å². The highest BCUT2D eigenvalue weighted by molar-refractivity contribution is 5.95. The average molecular weight is 354 g/mol. The van der Waals surface area contributed by atoms with Crippen LogP contribution in [0.2, 0.25) is 0 Å². The number of hydrogen-bond acceptors (Lipinski definition) is 3. The third kappa shape index (κ3) is 4.23. The van der Waals surface area contributed by atoms with E-state index in [0.29, 0.717) is 12.2 Å². The number of ether oxygens (including phenoxy) is 1. The zero-order valence-electron chi connectivity index (χ0n) is 15.0. The highest BCUT2D eigenvalue weighted by Gasteiger charge is 2.22. The SMILES string of the molecule is CN(C)c1ccc(C(=O)N[C@H](C2=COCCC2)c2ccc(F)cc2)cc1. The van der Waals surface area contributed by atoms with Gasteiger partial charge >= 0.3 is 0 Å². The standard InChI is InChI=1S/C21H23FN2O2/c1-24(2)19-11-7-16(8-12-19)21(25)23-20(17-4-3-13-26-14-17)15-5-9-18(22)10-6-15/h5-12,14,20H,3-4,13H2,1-2H3,(H,23,25)/t20-/m0/s1. The van der Waals surface area contributed by atoms with Crippen LogP contribution in [0, 0.1) is 5.82 Å². The second kappa shape index (κ2) is 8.04. The molecule has 2 aromatic rings. The first-order valence-corrected chi connectivity index (χ1v) is 8.69. The van der Waals surface area contributed by atoms with Crippen LogP contribution in [-0.4, -0.2) is 26.6 Å². The Bertz CT molecular complexity index is 783. The van der Waals surface area contributed by atoms with Crippen LogP contribution in [0.4, 0.5) is 10.1 Å². The molecule has 0 fully saturated rings. The van der Waals surface area contributed by atoms with Crippen molar-refractivity contribution in [2.45, 2.75) is 18.9 Å². The Hall–Kier alpha value is -2.82. The molecule has 3 rings (SSSR count). The fraction of sp³-hybridized carbons (Fsp3) is 0.286. The van der Waals surface area contributed by atoms with E-state index in [4.69, 9.17) is 4.74 Å². The lowest BCUT2D eigenvalue weighted by atomic mass is 9.95. The molecule has 1 aliphatic rings. The van der Waals surface area contributed by atoms with Crippen molar-refractivity contribution in [2.24, 2.45) is 0 Å². The molecule has 0 bridgehead atoms. The van der Waals surface area contributed by atoms with Gasteiger partial charge in [-0.3, -0.25) is 4.79 Å². The topological polar surface area (TPSA) is 41.6 Å². The van der Waals surface area contributed by atoms with E-state index in [1.807, 2.05) is 31.1 Å². The highest BCUT2D eigenvalue weighted by atomic mass is 19.1. The predicted octanol–water partition coefficient (Wildman–Crippen LogP) is 4.06. The summed E-state index contributed by atoms with van der Waals surface area (Å²) in [6.07, 6.45) is 3.45. The van der Waals surface area contributed by atoms with Gasteiger partial charge in [-0.2, -0.15) is 0 Å². The Labute approximate surface area is 153 Å². The van der Waals surface area contributed by atoms with Gasteiger partial charge in [0.15, 0.2) is 0 Å². The van der Waals surface area contributed by atoms with Gasteiger partial charge in [-0.15, -0.1) is 0 Å². The van der Waals surface area contributed by atoms with Gasteiger partial charge in [0, 0.05) is 25.3 Å². The molecule has 26 heavy (non-hydrogen) atoms. The molecule has 4 nitrogen and oxygen atoms in total. The number of anilines is 1. The van der Waals surface area contributed by atoms with Crippen LogP contribution in [0.5, 0.6) is 0 Å². The van der Waals surface area contributed by atoms with Crippen LogP contribution in [-0.2, 0) is 4.74 Å². The number of nitrogens with zero attached hydrogens (tertiary/aromatic N) is 1. The molecule has 136 valence electrons. The minimum Gasteiger partial charge on any atom is -0.501 e. The molecule has 1 atom stereocenters. The van der Waals surface area contributed by atoms with E-state index in [-0.39, 0.29) is 17.8 Å². The van der Waals surface area contributed by atoms with Crippen molar-refractivity contribution in [2.75, 3.05) is 25.6 Å². The third-order valence-electron chi connectivity index (χ3n) is 4.46. The van der Waals surface area contributed by atoms with Crippen LogP contribution < -0.4 is 10.2 Å². The van der Waals surface area contributed by atoms with Crippen molar-refractivity contribution in [1.82, 2.24) is 5.32 Å². The molecule has 0 spiro atoms. The lowest BCUT2D eigenvalue weighted by Gasteiger charge is -2.25. The molecule has 0 unspecified atom stereocenters. The number of carbonyl (C=O) groups is 1. The van der Waals surface area contributed by atoms with E-state index in [1.54, 1.807) is 30.5 Å². The first kappa shape index (κ1) is 18.0. The first-order chi connectivity index (χ1) is 12.5. The Morgan fingerprint density at radius 3 is 2.38 bits per heavy atom. The van der Waals surface area contributed by atoms with Gasteiger partial charge < -0.3 is 15.0 Å². The second-order valence-corrected chi connectivity index (χ2v) is 6.57. The largest absolute Gasteiger partial charge is 0.501 e. The summed E-state index contributed by atoms with van der Waals surface area (Å²) in [4.78, 5) is 14.7. The fourth-order valence-corrected chi connectivity index (χ4v) is 2.97. The summed E-state index contributed by atoms with van der Waals surface area (Å²) in [6.45, 7) is 0.680. The predicted molar refractivity (Wildman–Crippen MR) is 101 cm³/mol. The summed E-state index contributed by atoms with van der Waals surface area (Å²) >= 11 is 0. The van der Waals surface area contributed by atoms with E-state index in [2.05, 4.69) is 5.32 Å². The van der Waals surface area contributed by atoms with Crippen LogP contribution in [0.3, 0.4) is 0 Å². The first-order valence-electron chi connectivity index (χ1n) is 8.69. The summed E-state index contributed by atoms with van der Waals surface area (Å²) in [5, 5.41) is 3.06. The number of carbonyl (C=O) groups excluding carboxylic acids is 1. The molecule has 0 aliphatic carbocycles. The minimum atomic E-state index is -0.336. The molecule has 0 radical (unpaired) electrons. The van der Waals surface area contributed by atoms with Crippen molar-refractivity contribution in [3.63, 3.8) is 0 Å². The number of nitrogens with one attached hydrogen (secondary N) is 1. The molecular formula is C21H23FN2O2. The van der Waals surface area contributed by atoms with Gasteiger partial charge in [0.2, 0.25) is 0 Å². The highest BCUT2D eigenvalue weighted by Crippen LogP contribution is 2.28. The molecule has 2 aromatic carbocycles. The lowest BCUT2D eigenvalue weighted by molar-refractivity contribution is 0.0939. The molecular weight excluding hydrogens is 331 g/mol. The molecule has 1 N–H and O–H groups in total. The lowest BCUT2D eigenvalue weighted by Crippen LogP contribution is -2.30. The van der Waals surface area contributed by atoms with Crippen molar-refractivity contribution < 1.29 is 13.9 Å². The summed E-state index contributed by atoms with van der Waals surface area (Å²) in [6, 6.07) is 13.3. The minimum absolute atomic E-state index is 0.170. The average Bonchev–Trinajstić information content (AvgIpc) is 2.67. The quantitative estimate of drug-likeness (QED) is 0.880. The number of hydrogen-bond donors (Lipinski definition) is 1. The zero-order chi connectivity index (χ0) is 18.5. The maximum absolute atomic E-state index is 13.3. The fourth-order valence-electron chi connectivity index (χ4n) is 2.97. The third-order valence-corrected chi connectivity index (χ3v) is 4.46. The maximum atomic E-state index is 13.3. The molecule has 0 saturated heterocycles. The molecule has 1 heterocycles. The summed E-state index contributed by atoms with van der Waals surface area (Å²) in [7, 11) is 3.91. The van der Waals surface area contributed by atoms with E-state index in [1.165, 1.54) is 12.1 Å². The molecule has 0 saturated carbocycles. The van der Waals surface area contributed by atoms with Gasteiger partial charge in [-0.1, -0.05) is 12.1 Å². The van der Waals surface area contributed by atoms with E-state index in [9.17, 15) is 9.18 Å². The van der Waals surface area contributed by atoms with Gasteiger partial charge in [-0.25, -0.2) is 4.39 Å². The second-order valence-electron chi connectivity index (χ2n) is 6.57. The van der Waals surface area contributed by atoms with Crippen molar-refractivity contribution >= 4 is 11.6 Å². The molecule has 0 aromatic heterocycles. The smallest absolute Gasteiger partial charge is 0.252 e. The number of benzene rings is 2. The van der Waals surface area contributed by atoms with Crippen LogP contribution >= 0.6 is 0 Å². The van der Waals surface area contributed by atoms with Gasteiger partial charge in [0.25, 0.3) is 5.91 Å². The summed E-state index contributed by atoms with van der Waals surface area (Å²) in [5.74, 6) is -0.469. The van der Waals surface area contributed by atoms with Gasteiger partial charge in [-0.05, 0) is 60.4 Å². The maximum Gasteiger partial charge on any atom is 0.252 e. The number of rotatable bonds is 5. The van der Waals surface area contributed by atoms with Crippen LogP contribution in [0.25, 0.3) is 0 Å². The van der Waals surface area contributed by atoms with Crippen molar-refractivity contribution in [3.05, 3.63) is 77.3 Å². The normalized spacial score (nSPS) is 14.8. The van der Waals surface area contributed by atoms with E-state index in [0.717, 1.165) is 29.7 Å². The Balaban J connectivity index is 1.83. The molecule has 5 heteroatoms. The van der Waals surface area contributed by atoms with Gasteiger partial charge in [0.1, 0.15) is 5.82 Å². The van der Waals surface area contributed by atoms with Crippen molar-refractivity contribution in [1.29, 1.82) is 0 Å². The van der Waals surface area contributed by atoms with Crippen LogP contribution in [0.1, 0.15) is 34.8 Å². The number of halogens is 1. The Morgan fingerprint density at radius 1 is 1.12 bits per heavy atom. The Morgan fingerprint density at radius 2 is 1.81 bits per heavy atom. The molecule has 1 aliphatic heterocycles. The zero-order valence-corrected chi connectivity index (χ0v) is 15.0. The summed E-state index contributed by atoms with van der Waals surface area (Å²) in [5.41, 5.74) is 3.43. The Kier molecular flexibility index (Phi) is 5.56. The van der Waals surface area contributed by atoms with Gasteiger partial charge in [0.05, 0.1) is 18.9 Å². The monoisotopic (exact) mass is 354 g/mol. The van der Waals surface area contributed by atoms with Crippen LogP contribution in [0.15, 0.2) is 60.4 Å². The number of amides is 1.